The molecule has 1 fully saturated rings. The summed E-state index contributed by atoms with van der Waals surface area (Å²) in [5, 5.41) is -0.884. The van der Waals surface area contributed by atoms with Crippen molar-refractivity contribution in [2.24, 2.45) is 17.8 Å². The van der Waals surface area contributed by atoms with Gasteiger partial charge in [-0.15, -0.1) is 0 Å². The topological polar surface area (TPSA) is 34.1 Å². The van der Waals surface area contributed by atoms with E-state index >= 15 is 0 Å². The highest BCUT2D eigenvalue weighted by Crippen LogP contribution is 2.42. The largest absolute Gasteiger partial charge is 0.281 e. The molecule has 62 valence electrons. The molecule has 0 saturated heterocycles. The van der Waals surface area contributed by atoms with Gasteiger partial charge in [0.05, 0.1) is 0 Å². The molecule has 0 N–H and O–H groups in total. The van der Waals surface area contributed by atoms with E-state index in [2.05, 4.69) is 0 Å². The van der Waals surface area contributed by atoms with E-state index in [9.17, 15) is 9.59 Å². The maximum Gasteiger partial charge on any atom is 0.225 e. The molecule has 0 aliphatic heterocycles. The van der Waals surface area contributed by atoms with Crippen molar-refractivity contribution in [3.63, 3.8) is 0 Å². The van der Waals surface area contributed by atoms with Crippen molar-refractivity contribution < 1.29 is 9.59 Å². The SMILES string of the molecule is CC1CC(C(=O)Cl)C1C(=O)Cl. The molecular formula is C7H8Cl2O2. The highest BCUT2D eigenvalue weighted by molar-refractivity contribution is 6.67. The molecule has 4 heteroatoms. The first kappa shape index (κ1) is 9.01. The first-order valence-electron chi connectivity index (χ1n) is 3.42. The number of carbonyl (C=O) groups is 2. The van der Waals surface area contributed by atoms with Gasteiger partial charge in [0.15, 0.2) is 0 Å². The van der Waals surface area contributed by atoms with Crippen LogP contribution in [0.1, 0.15) is 13.3 Å². The van der Waals surface area contributed by atoms with Crippen LogP contribution in [0.3, 0.4) is 0 Å². The van der Waals surface area contributed by atoms with Crippen LogP contribution in [0.4, 0.5) is 0 Å². The van der Waals surface area contributed by atoms with Crippen molar-refractivity contribution >= 4 is 33.7 Å². The van der Waals surface area contributed by atoms with E-state index in [4.69, 9.17) is 23.2 Å². The zero-order valence-corrected chi connectivity index (χ0v) is 7.52. The molecule has 0 bridgehead atoms. The lowest BCUT2D eigenvalue weighted by atomic mass is 9.67. The Morgan fingerprint density at radius 3 is 2.00 bits per heavy atom. The average Bonchev–Trinajstić information content (AvgIpc) is 1.80. The van der Waals surface area contributed by atoms with Gasteiger partial charge in [-0.3, -0.25) is 9.59 Å². The molecule has 2 nitrogen and oxygen atoms in total. The van der Waals surface area contributed by atoms with Gasteiger partial charge in [-0.05, 0) is 35.5 Å². The molecule has 0 aromatic rings. The van der Waals surface area contributed by atoms with Gasteiger partial charge in [-0.25, -0.2) is 0 Å². The summed E-state index contributed by atoms with van der Waals surface area (Å²) in [6, 6.07) is 0. The summed E-state index contributed by atoms with van der Waals surface area (Å²) in [6.07, 6.45) is 0.686. The predicted octanol–water partition coefficient (Wildman–Crippen LogP) is 1.79. The van der Waals surface area contributed by atoms with Crippen molar-refractivity contribution in [3.8, 4) is 0 Å². The Balaban J connectivity index is 2.62. The van der Waals surface area contributed by atoms with Crippen LogP contribution >= 0.6 is 23.2 Å². The van der Waals surface area contributed by atoms with Crippen LogP contribution < -0.4 is 0 Å². The third-order valence-electron chi connectivity index (χ3n) is 2.23. The maximum absolute atomic E-state index is 10.7. The summed E-state index contributed by atoms with van der Waals surface area (Å²) in [5.74, 6) is -0.481. The van der Waals surface area contributed by atoms with Gasteiger partial charge in [0, 0.05) is 11.8 Å². The van der Waals surface area contributed by atoms with Crippen LogP contribution in [0.2, 0.25) is 0 Å². The van der Waals surface area contributed by atoms with Crippen LogP contribution in [-0.2, 0) is 9.59 Å². The number of halogens is 2. The van der Waals surface area contributed by atoms with Gasteiger partial charge in [0.2, 0.25) is 10.5 Å². The average molecular weight is 195 g/mol. The quantitative estimate of drug-likeness (QED) is 0.629. The third kappa shape index (κ3) is 1.57. The van der Waals surface area contributed by atoms with Crippen molar-refractivity contribution in [3.05, 3.63) is 0 Å². The molecule has 0 aromatic heterocycles. The first-order valence-corrected chi connectivity index (χ1v) is 4.18. The molecule has 11 heavy (non-hydrogen) atoms. The second-order valence-corrected chi connectivity index (χ2v) is 3.70. The van der Waals surface area contributed by atoms with E-state index in [0.29, 0.717) is 6.42 Å². The molecule has 1 aliphatic carbocycles. The predicted molar refractivity (Wildman–Crippen MR) is 42.5 cm³/mol. The van der Waals surface area contributed by atoms with Gasteiger partial charge >= 0.3 is 0 Å². The monoisotopic (exact) mass is 194 g/mol. The highest BCUT2D eigenvalue weighted by atomic mass is 35.5. The fraction of sp³-hybridized carbons (Fsp3) is 0.714. The minimum Gasteiger partial charge on any atom is -0.281 e. The number of hydrogen-bond acceptors (Lipinski definition) is 2. The van der Waals surface area contributed by atoms with Crippen LogP contribution in [0.15, 0.2) is 0 Å². The molecule has 3 atom stereocenters. The molecule has 3 unspecified atom stereocenters. The fourth-order valence-electron chi connectivity index (χ4n) is 1.51. The van der Waals surface area contributed by atoms with Gasteiger partial charge in [0.25, 0.3) is 0 Å². The van der Waals surface area contributed by atoms with Gasteiger partial charge in [-0.2, -0.15) is 0 Å². The van der Waals surface area contributed by atoms with Crippen LogP contribution in [0, 0.1) is 17.8 Å². The van der Waals surface area contributed by atoms with Crippen LogP contribution in [0.25, 0.3) is 0 Å². The summed E-state index contributed by atoms with van der Waals surface area (Å²) in [5.41, 5.74) is 0. The Bertz CT molecular complexity index is 203. The smallest absolute Gasteiger partial charge is 0.225 e. The van der Waals surface area contributed by atoms with Gasteiger partial charge in [-0.1, -0.05) is 6.92 Å². The molecule has 0 spiro atoms. The van der Waals surface area contributed by atoms with E-state index in [0.717, 1.165) is 0 Å². The van der Waals surface area contributed by atoms with E-state index in [1.54, 1.807) is 0 Å². The number of hydrogen-bond donors (Lipinski definition) is 0. The zero-order chi connectivity index (χ0) is 8.59. The van der Waals surface area contributed by atoms with E-state index in [-0.39, 0.29) is 17.8 Å². The Morgan fingerprint density at radius 2 is 1.82 bits per heavy atom. The lowest BCUT2D eigenvalue weighted by Gasteiger charge is -2.37. The zero-order valence-electron chi connectivity index (χ0n) is 6.01. The summed E-state index contributed by atoms with van der Waals surface area (Å²) < 4.78 is 0. The van der Waals surface area contributed by atoms with Crippen molar-refractivity contribution in [2.45, 2.75) is 13.3 Å². The third-order valence-corrected chi connectivity index (χ3v) is 2.76. The van der Waals surface area contributed by atoms with Gasteiger partial charge < -0.3 is 0 Å². The summed E-state index contributed by atoms with van der Waals surface area (Å²) in [6.45, 7) is 1.89. The van der Waals surface area contributed by atoms with Crippen LogP contribution in [0.5, 0.6) is 0 Å². The minimum absolute atomic E-state index is 0.202. The normalized spacial score (nSPS) is 36.1. The van der Waals surface area contributed by atoms with Crippen LogP contribution in [-0.4, -0.2) is 10.5 Å². The summed E-state index contributed by atoms with van der Waals surface area (Å²) in [7, 11) is 0. The highest BCUT2D eigenvalue weighted by Gasteiger charge is 2.45. The van der Waals surface area contributed by atoms with E-state index in [1.165, 1.54) is 0 Å². The minimum atomic E-state index is -0.442. The van der Waals surface area contributed by atoms with Gasteiger partial charge in [0.1, 0.15) is 0 Å². The molecule has 1 aliphatic rings. The summed E-state index contributed by atoms with van der Waals surface area (Å²) >= 11 is 10.5. The van der Waals surface area contributed by atoms with Crippen molar-refractivity contribution in [1.29, 1.82) is 0 Å². The second-order valence-electron chi connectivity index (χ2n) is 2.95. The maximum atomic E-state index is 10.7. The lowest BCUT2D eigenvalue weighted by molar-refractivity contribution is -0.132. The first-order chi connectivity index (χ1) is 5.04. The Labute approximate surface area is 74.9 Å². The lowest BCUT2D eigenvalue weighted by Crippen LogP contribution is -2.41. The molecule has 0 heterocycles. The molecule has 1 rings (SSSR count). The molecular weight excluding hydrogens is 187 g/mol. The molecule has 0 amide bonds. The Hall–Kier alpha value is -0.0800. The molecule has 0 aromatic carbocycles. The Kier molecular flexibility index (Phi) is 2.55. The Morgan fingerprint density at radius 1 is 1.27 bits per heavy atom. The molecule has 1 saturated carbocycles. The molecule has 0 radical (unpaired) electrons. The summed E-state index contributed by atoms with van der Waals surface area (Å²) in [4.78, 5) is 21.3. The van der Waals surface area contributed by atoms with Crippen molar-refractivity contribution in [1.82, 2.24) is 0 Å². The standard InChI is InChI=1S/C7H8Cl2O2/c1-3-2-4(6(8)10)5(3)7(9)11/h3-5H,2H2,1H3. The fourth-order valence-corrected chi connectivity index (χ4v) is 2.10. The van der Waals surface area contributed by atoms with Crippen molar-refractivity contribution in [2.75, 3.05) is 0 Å². The second kappa shape index (κ2) is 3.11. The van der Waals surface area contributed by atoms with E-state index < -0.39 is 10.5 Å². The van der Waals surface area contributed by atoms with E-state index in [1.807, 2.05) is 6.92 Å². The number of rotatable bonds is 2. The number of carbonyl (C=O) groups excluding carboxylic acids is 2.